The third kappa shape index (κ3) is 3.49. The minimum Gasteiger partial charge on any atom is -0.387 e. The summed E-state index contributed by atoms with van der Waals surface area (Å²) < 4.78 is 5.26. The fourth-order valence-corrected chi connectivity index (χ4v) is 2.87. The normalized spacial score (nSPS) is 18.8. The van der Waals surface area contributed by atoms with Crippen molar-refractivity contribution in [2.75, 3.05) is 19.6 Å². The van der Waals surface area contributed by atoms with Crippen molar-refractivity contribution in [1.82, 2.24) is 15.0 Å². The number of hydrogen-bond acceptors (Lipinski definition) is 5. The highest BCUT2D eigenvalue weighted by molar-refractivity contribution is 5.17. The average Bonchev–Trinajstić information content (AvgIpc) is 2.95. The van der Waals surface area contributed by atoms with Crippen molar-refractivity contribution in [3.63, 3.8) is 0 Å². The number of benzene rings is 1. The smallest absolute Gasteiger partial charge is 0.229 e. The lowest BCUT2D eigenvalue weighted by molar-refractivity contribution is 0.0941. The first-order valence-corrected chi connectivity index (χ1v) is 7.48. The van der Waals surface area contributed by atoms with E-state index in [-0.39, 0.29) is 0 Å². The van der Waals surface area contributed by atoms with Gasteiger partial charge in [0.25, 0.3) is 0 Å². The first-order chi connectivity index (χ1) is 10.2. The summed E-state index contributed by atoms with van der Waals surface area (Å²) in [7, 11) is 0. The van der Waals surface area contributed by atoms with Gasteiger partial charge in [0.1, 0.15) is 0 Å². The van der Waals surface area contributed by atoms with E-state index in [4.69, 9.17) is 4.52 Å². The van der Waals surface area contributed by atoms with E-state index in [0.29, 0.717) is 18.3 Å². The number of likely N-dealkylation sites (tertiary alicyclic amines) is 1. The van der Waals surface area contributed by atoms with E-state index in [1.165, 1.54) is 0 Å². The lowest BCUT2D eigenvalue weighted by Crippen LogP contribution is -2.36. The first-order valence-electron chi connectivity index (χ1n) is 7.48. The number of aryl methyl sites for hydroxylation is 1. The van der Waals surface area contributed by atoms with Crippen molar-refractivity contribution in [3.8, 4) is 0 Å². The van der Waals surface area contributed by atoms with Crippen molar-refractivity contribution in [1.29, 1.82) is 0 Å². The Labute approximate surface area is 124 Å². The molecule has 0 aliphatic carbocycles. The molecule has 2 aromatic rings. The molecule has 112 valence electrons. The van der Waals surface area contributed by atoms with Crippen molar-refractivity contribution >= 4 is 0 Å². The summed E-state index contributed by atoms with van der Waals surface area (Å²) >= 11 is 0. The van der Waals surface area contributed by atoms with Crippen LogP contribution in [0, 0.1) is 6.92 Å². The monoisotopic (exact) mass is 287 g/mol. The maximum atomic E-state index is 10.3. The Hall–Kier alpha value is -1.72. The molecular weight excluding hydrogens is 266 g/mol. The van der Waals surface area contributed by atoms with Crippen LogP contribution in [-0.4, -0.2) is 39.8 Å². The van der Waals surface area contributed by atoms with Gasteiger partial charge in [-0.3, -0.25) is 0 Å². The zero-order valence-corrected chi connectivity index (χ0v) is 12.3. The Morgan fingerprint density at radius 1 is 1.29 bits per heavy atom. The minimum absolute atomic E-state index is 0.358. The van der Waals surface area contributed by atoms with E-state index in [1.54, 1.807) is 0 Å². The fraction of sp³-hybridized carbons (Fsp3) is 0.500. The second kappa shape index (κ2) is 6.37. The molecule has 5 nitrogen and oxygen atoms in total. The number of aliphatic hydroxyl groups is 1. The molecule has 1 saturated heterocycles. The Kier molecular flexibility index (Phi) is 4.31. The Bertz CT molecular complexity index is 562. The molecule has 3 rings (SSSR count). The van der Waals surface area contributed by atoms with Crippen molar-refractivity contribution < 1.29 is 9.63 Å². The molecule has 0 radical (unpaired) electrons. The Morgan fingerprint density at radius 3 is 2.62 bits per heavy atom. The predicted octanol–water partition coefficient (Wildman–Crippen LogP) is 2.29. The molecule has 0 spiro atoms. The zero-order valence-electron chi connectivity index (χ0n) is 12.3. The topological polar surface area (TPSA) is 62.4 Å². The highest BCUT2D eigenvalue weighted by Crippen LogP contribution is 2.27. The molecule has 2 heterocycles. The largest absolute Gasteiger partial charge is 0.387 e. The van der Waals surface area contributed by atoms with Crippen LogP contribution in [0.25, 0.3) is 0 Å². The molecule has 1 unspecified atom stereocenters. The van der Waals surface area contributed by atoms with Gasteiger partial charge < -0.3 is 14.5 Å². The van der Waals surface area contributed by atoms with E-state index in [9.17, 15) is 5.11 Å². The molecule has 0 amide bonds. The Morgan fingerprint density at radius 2 is 2.00 bits per heavy atom. The van der Waals surface area contributed by atoms with Gasteiger partial charge in [-0.25, -0.2) is 0 Å². The molecule has 1 atom stereocenters. The summed E-state index contributed by atoms with van der Waals surface area (Å²) in [6.45, 7) is 4.43. The van der Waals surface area contributed by atoms with Crippen LogP contribution in [0.15, 0.2) is 34.9 Å². The van der Waals surface area contributed by atoms with Crippen LogP contribution in [-0.2, 0) is 0 Å². The lowest BCUT2D eigenvalue weighted by atomic mass is 9.96. The van der Waals surface area contributed by atoms with Gasteiger partial charge in [0.15, 0.2) is 5.82 Å². The maximum Gasteiger partial charge on any atom is 0.229 e. The van der Waals surface area contributed by atoms with Crippen LogP contribution in [0.4, 0.5) is 0 Å². The number of β-amino-alcohol motifs (C(OH)–C–C–N with tert-alkyl or cyclic N) is 1. The van der Waals surface area contributed by atoms with Gasteiger partial charge >= 0.3 is 0 Å². The third-order valence-electron chi connectivity index (χ3n) is 4.10. The maximum absolute atomic E-state index is 10.3. The molecule has 0 bridgehead atoms. The summed E-state index contributed by atoms with van der Waals surface area (Å²) in [5.74, 6) is 1.82. The van der Waals surface area contributed by atoms with Gasteiger partial charge in [-0.05, 0) is 38.4 Å². The van der Waals surface area contributed by atoms with Gasteiger partial charge in [0.05, 0.1) is 6.10 Å². The van der Waals surface area contributed by atoms with Crippen LogP contribution in [0.5, 0.6) is 0 Å². The van der Waals surface area contributed by atoms with E-state index >= 15 is 0 Å². The number of piperidine rings is 1. The van der Waals surface area contributed by atoms with Gasteiger partial charge in [0, 0.05) is 12.5 Å². The lowest BCUT2D eigenvalue weighted by Gasteiger charge is -2.31. The van der Waals surface area contributed by atoms with E-state index in [2.05, 4.69) is 15.0 Å². The molecule has 1 fully saturated rings. The molecule has 1 N–H and O–H groups in total. The summed E-state index contributed by atoms with van der Waals surface area (Å²) in [6.07, 6.45) is 1.58. The zero-order chi connectivity index (χ0) is 14.7. The number of aromatic nitrogens is 2. The van der Waals surface area contributed by atoms with Crippen LogP contribution < -0.4 is 0 Å². The summed E-state index contributed by atoms with van der Waals surface area (Å²) in [6, 6.07) is 9.83. The summed E-state index contributed by atoms with van der Waals surface area (Å²) in [5, 5.41) is 14.1. The number of aliphatic hydroxyl groups excluding tert-OH is 1. The minimum atomic E-state index is -0.423. The molecule has 1 aliphatic heterocycles. The van der Waals surface area contributed by atoms with E-state index in [0.717, 1.165) is 37.4 Å². The molecule has 1 aromatic heterocycles. The standard InChI is InChI=1S/C16H21N3O2/c1-12-17-16(21-18-12)14-7-9-19(10-8-14)11-15(20)13-5-3-2-4-6-13/h2-6,14-15,20H,7-11H2,1H3. The third-order valence-corrected chi connectivity index (χ3v) is 4.10. The summed E-state index contributed by atoms with van der Waals surface area (Å²) in [4.78, 5) is 6.63. The van der Waals surface area contributed by atoms with Crippen LogP contribution >= 0.6 is 0 Å². The van der Waals surface area contributed by atoms with Crippen molar-refractivity contribution in [2.24, 2.45) is 0 Å². The highest BCUT2D eigenvalue weighted by atomic mass is 16.5. The van der Waals surface area contributed by atoms with Gasteiger partial charge in [-0.15, -0.1) is 0 Å². The molecule has 21 heavy (non-hydrogen) atoms. The first kappa shape index (κ1) is 14.2. The van der Waals surface area contributed by atoms with Crippen LogP contribution in [0.1, 0.15) is 42.1 Å². The van der Waals surface area contributed by atoms with Gasteiger partial charge in [-0.1, -0.05) is 35.5 Å². The van der Waals surface area contributed by atoms with Crippen molar-refractivity contribution in [3.05, 3.63) is 47.6 Å². The number of rotatable bonds is 4. The quantitative estimate of drug-likeness (QED) is 0.935. The number of hydrogen-bond donors (Lipinski definition) is 1. The summed E-state index contributed by atoms with van der Waals surface area (Å²) in [5.41, 5.74) is 0.979. The van der Waals surface area contributed by atoms with Crippen molar-refractivity contribution in [2.45, 2.75) is 31.8 Å². The second-order valence-electron chi connectivity index (χ2n) is 5.68. The predicted molar refractivity (Wildman–Crippen MR) is 78.9 cm³/mol. The number of nitrogens with zero attached hydrogens (tertiary/aromatic N) is 3. The van der Waals surface area contributed by atoms with Crippen LogP contribution in [0.3, 0.4) is 0 Å². The van der Waals surface area contributed by atoms with Crippen LogP contribution in [0.2, 0.25) is 0 Å². The Balaban J connectivity index is 1.52. The molecule has 1 aromatic carbocycles. The molecule has 1 aliphatic rings. The SMILES string of the molecule is Cc1noc(C2CCN(CC(O)c3ccccc3)CC2)n1. The van der Waals surface area contributed by atoms with Gasteiger partial charge in [-0.2, -0.15) is 4.98 Å². The van der Waals surface area contributed by atoms with Gasteiger partial charge in [0.2, 0.25) is 5.89 Å². The molecule has 5 heteroatoms. The molecular formula is C16H21N3O2. The fourth-order valence-electron chi connectivity index (χ4n) is 2.87. The van der Waals surface area contributed by atoms with E-state index < -0.39 is 6.10 Å². The highest BCUT2D eigenvalue weighted by Gasteiger charge is 2.25. The van der Waals surface area contributed by atoms with E-state index in [1.807, 2.05) is 37.3 Å². The average molecular weight is 287 g/mol. The molecule has 0 saturated carbocycles. The second-order valence-corrected chi connectivity index (χ2v) is 5.68.